The number of aliphatic imine (C=N–C) groups is 1. The Labute approximate surface area is 72.1 Å². The van der Waals surface area contributed by atoms with Crippen LogP contribution in [0.5, 0.6) is 0 Å². The minimum Gasteiger partial charge on any atom is -0.326 e. The molecule has 0 bridgehead atoms. The van der Waals surface area contributed by atoms with Crippen LogP contribution in [0.25, 0.3) is 0 Å². The van der Waals surface area contributed by atoms with Crippen molar-refractivity contribution >= 4 is 11.9 Å². The molecule has 0 spiro atoms. The molecule has 0 saturated carbocycles. The van der Waals surface area contributed by atoms with Crippen LogP contribution in [0.1, 0.15) is 17.5 Å². The van der Waals surface area contributed by atoms with E-state index in [0.717, 1.165) is 18.5 Å². The third kappa shape index (κ3) is 1.25. The van der Waals surface area contributed by atoms with E-state index in [0.29, 0.717) is 6.54 Å². The van der Waals surface area contributed by atoms with E-state index in [4.69, 9.17) is 5.73 Å². The highest BCUT2D eigenvalue weighted by Crippen LogP contribution is 2.24. The topological polar surface area (TPSA) is 38.4 Å². The van der Waals surface area contributed by atoms with Gasteiger partial charge in [-0.05, 0) is 30.0 Å². The van der Waals surface area contributed by atoms with Gasteiger partial charge in [0, 0.05) is 12.8 Å². The number of nitrogens with zero attached hydrogens (tertiary/aromatic N) is 1. The van der Waals surface area contributed by atoms with Crippen LogP contribution >= 0.6 is 0 Å². The van der Waals surface area contributed by atoms with Crippen molar-refractivity contribution in [1.82, 2.24) is 0 Å². The molecule has 0 atom stereocenters. The Morgan fingerprint density at radius 3 is 3.17 bits per heavy atom. The zero-order valence-corrected chi connectivity index (χ0v) is 6.96. The molecule has 1 heterocycles. The maximum absolute atomic E-state index is 5.54. The summed E-state index contributed by atoms with van der Waals surface area (Å²) in [7, 11) is 0. The zero-order chi connectivity index (χ0) is 8.39. The second-order valence-corrected chi connectivity index (χ2v) is 3.02. The van der Waals surface area contributed by atoms with Gasteiger partial charge in [0.2, 0.25) is 0 Å². The Balaban J connectivity index is 2.44. The first-order valence-corrected chi connectivity index (χ1v) is 4.24. The highest BCUT2D eigenvalue weighted by Gasteiger charge is 2.04. The van der Waals surface area contributed by atoms with Crippen LogP contribution in [0.2, 0.25) is 0 Å². The van der Waals surface area contributed by atoms with Gasteiger partial charge in [0.15, 0.2) is 0 Å². The van der Waals surface area contributed by atoms with Crippen molar-refractivity contribution < 1.29 is 0 Å². The summed E-state index contributed by atoms with van der Waals surface area (Å²) in [5, 5.41) is 0. The Bertz CT molecular complexity index is 316. The van der Waals surface area contributed by atoms with Crippen LogP contribution in [0.3, 0.4) is 0 Å². The first kappa shape index (κ1) is 7.50. The first-order valence-electron chi connectivity index (χ1n) is 4.24. The van der Waals surface area contributed by atoms with Gasteiger partial charge in [-0.3, -0.25) is 4.99 Å². The maximum atomic E-state index is 5.54. The minimum atomic E-state index is 0.622. The molecule has 1 aliphatic rings. The lowest BCUT2D eigenvalue weighted by Crippen LogP contribution is -1.99. The quantitative estimate of drug-likeness (QED) is 0.668. The second-order valence-electron chi connectivity index (χ2n) is 3.02. The monoisotopic (exact) mass is 160 g/mol. The molecular weight excluding hydrogens is 148 g/mol. The van der Waals surface area contributed by atoms with E-state index in [1.807, 2.05) is 18.3 Å². The van der Waals surface area contributed by atoms with Gasteiger partial charge < -0.3 is 5.73 Å². The van der Waals surface area contributed by atoms with Gasteiger partial charge in [-0.25, -0.2) is 0 Å². The molecule has 2 rings (SSSR count). The lowest BCUT2D eigenvalue weighted by molar-refractivity contribution is 1.00. The number of benzene rings is 1. The van der Waals surface area contributed by atoms with Crippen molar-refractivity contribution in [2.24, 2.45) is 10.7 Å². The van der Waals surface area contributed by atoms with Crippen molar-refractivity contribution in [3.63, 3.8) is 0 Å². The average Bonchev–Trinajstić information content (AvgIpc) is 2.17. The lowest BCUT2D eigenvalue weighted by Gasteiger charge is -2.10. The summed E-state index contributed by atoms with van der Waals surface area (Å²) >= 11 is 0. The second kappa shape index (κ2) is 3.07. The molecule has 1 aliphatic heterocycles. The standard InChI is InChI=1S/C10H12N2/c11-7-8-3-4-10-9(6-8)2-1-5-12-10/h3-6H,1-2,7,11H2. The van der Waals surface area contributed by atoms with Crippen LogP contribution in [0.4, 0.5) is 5.69 Å². The number of aryl methyl sites for hydroxylation is 1. The fraction of sp³-hybridized carbons (Fsp3) is 0.300. The number of hydrogen-bond acceptors (Lipinski definition) is 2. The summed E-state index contributed by atoms with van der Waals surface area (Å²) in [5.74, 6) is 0. The summed E-state index contributed by atoms with van der Waals surface area (Å²) < 4.78 is 0. The average molecular weight is 160 g/mol. The van der Waals surface area contributed by atoms with Gasteiger partial charge in [-0.1, -0.05) is 12.1 Å². The maximum Gasteiger partial charge on any atom is 0.0657 e. The van der Waals surface area contributed by atoms with Gasteiger partial charge in [0.05, 0.1) is 5.69 Å². The molecule has 0 aromatic heterocycles. The Kier molecular flexibility index (Phi) is 1.92. The highest BCUT2D eigenvalue weighted by atomic mass is 14.7. The zero-order valence-electron chi connectivity index (χ0n) is 6.96. The van der Waals surface area contributed by atoms with E-state index in [9.17, 15) is 0 Å². The van der Waals surface area contributed by atoms with Crippen molar-refractivity contribution in [1.29, 1.82) is 0 Å². The molecule has 62 valence electrons. The molecule has 2 N–H and O–H groups in total. The summed E-state index contributed by atoms with van der Waals surface area (Å²) in [6.07, 6.45) is 4.14. The Hall–Kier alpha value is -1.15. The van der Waals surface area contributed by atoms with Crippen LogP contribution in [0, 0.1) is 0 Å². The van der Waals surface area contributed by atoms with Crippen LogP contribution < -0.4 is 5.73 Å². The molecule has 0 unspecified atom stereocenters. The number of fused-ring (bicyclic) bond motifs is 1. The van der Waals surface area contributed by atoms with Crippen LogP contribution in [0.15, 0.2) is 23.2 Å². The molecule has 0 radical (unpaired) electrons. The fourth-order valence-electron chi connectivity index (χ4n) is 1.47. The molecule has 1 aromatic rings. The molecule has 2 nitrogen and oxygen atoms in total. The molecule has 1 aromatic carbocycles. The summed E-state index contributed by atoms with van der Waals surface area (Å²) in [6.45, 7) is 0.622. The van der Waals surface area contributed by atoms with Gasteiger partial charge in [-0.2, -0.15) is 0 Å². The summed E-state index contributed by atoms with van der Waals surface area (Å²) in [5.41, 5.74) is 9.19. The Morgan fingerprint density at radius 2 is 2.33 bits per heavy atom. The molecule has 12 heavy (non-hydrogen) atoms. The SMILES string of the molecule is NCc1ccc2c(c1)CCC=N2. The third-order valence-corrected chi connectivity index (χ3v) is 2.15. The van der Waals surface area contributed by atoms with Crippen molar-refractivity contribution in [3.8, 4) is 0 Å². The molecule has 0 aliphatic carbocycles. The molecule has 0 saturated heterocycles. The molecular formula is C10H12N2. The van der Waals surface area contributed by atoms with E-state index >= 15 is 0 Å². The fourth-order valence-corrected chi connectivity index (χ4v) is 1.47. The van der Waals surface area contributed by atoms with E-state index in [2.05, 4.69) is 11.1 Å². The summed E-state index contributed by atoms with van der Waals surface area (Å²) in [4.78, 5) is 4.30. The highest BCUT2D eigenvalue weighted by molar-refractivity contribution is 5.68. The summed E-state index contributed by atoms with van der Waals surface area (Å²) in [6, 6.07) is 6.25. The van der Waals surface area contributed by atoms with E-state index in [1.54, 1.807) is 0 Å². The van der Waals surface area contributed by atoms with Crippen molar-refractivity contribution in [2.45, 2.75) is 19.4 Å². The number of hydrogen-bond donors (Lipinski definition) is 1. The van der Waals surface area contributed by atoms with Crippen LogP contribution in [-0.4, -0.2) is 6.21 Å². The van der Waals surface area contributed by atoms with E-state index in [1.165, 1.54) is 11.1 Å². The third-order valence-electron chi connectivity index (χ3n) is 2.15. The van der Waals surface area contributed by atoms with E-state index < -0.39 is 0 Å². The van der Waals surface area contributed by atoms with Crippen molar-refractivity contribution in [2.75, 3.05) is 0 Å². The molecule has 0 fully saturated rings. The minimum absolute atomic E-state index is 0.622. The molecule has 2 heteroatoms. The predicted octanol–water partition coefficient (Wildman–Crippen LogP) is 1.79. The van der Waals surface area contributed by atoms with Crippen molar-refractivity contribution in [3.05, 3.63) is 29.3 Å². The lowest BCUT2D eigenvalue weighted by atomic mass is 10.0. The molecule has 0 amide bonds. The Morgan fingerprint density at radius 1 is 1.42 bits per heavy atom. The first-order chi connectivity index (χ1) is 5.90. The van der Waals surface area contributed by atoms with Gasteiger partial charge in [0.1, 0.15) is 0 Å². The van der Waals surface area contributed by atoms with Gasteiger partial charge in [0.25, 0.3) is 0 Å². The smallest absolute Gasteiger partial charge is 0.0657 e. The predicted molar refractivity (Wildman–Crippen MR) is 50.8 cm³/mol. The number of rotatable bonds is 1. The normalized spacial score (nSPS) is 14.4. The number of nitrogens with two attached hydrogens (primary N) is 1. The van der Waals surface area contributed by atoms with E-state index in [-0.39, 0.29) is 0 Å². The van der Waals surface area contributed by atoms with Gasteiger partial charge >= 0.3 is 0 Å². The van der Waals surface area contributed by atoms with Gasteiger partial charge in [-0.15, -0.1) is 0 Å². The largest absolute Gasteiger partial charge is 0.326 e. The van der Waals surface area contributed by atoms with Crippen LogP contribution in [-0.2, 0) is 13.0 Å².